The second kappa shape index (κ2) is 7.03. The lowest BCUT2D eigenvalue weighted by Gasteiger charge is -2.05. The molecule has 96 valence electrons. The summed E-state index contributed by atoms with van der Waals surface area (Å²) in [5, 5.41) is 3.08. The number of nitrogens with one attached hydrogen (secondary N) is 1. The zero-order valence-corrected chi connectivity index (χ0v) is 11.1. The molecule has 4 nitrogen and oxygen atoms in total. The van der Waals surface area contributed by atoms with Crippen LogP contribution in [0.2, 0.25) is 10.0 Å². The highest BCUT2D eigenvalue weighted by Gasteiger charge is 2.06. The molecule has 0 saturated heterocycles. The summed E-state index contributed by atoms with van der Waals surface area (Å²) in [6.45, 7) is 1.93. The minimum Gasteiger partial charge on any atom is -0.463 e. The molecular formula is C12H11Cl2NO3. The van der Waals surface area contributed by atoms with Crippen molar-refractivity contribution in [1.82, 2.24) is 0 Å². The number of carbonyl (C=O) groups excluding carboxylic acids is 2. The van der Waals surface area contributed by atoms with Gasteiger partial charge in [-0.05, 0) is 19.1 Å². The molecular weight excluding hydrogens is 277 g/mol. The van der Waals surface area contributed by atoms with Crippen LogP contribution in [0, 0.1) is 0 Å². The van der Waals surface area contributed by atoms with E-state index < -0.39 is 11.9 Å². The lowest BCUT2D eigenvalue weighted by atomic mass is 10.3. The number of hydrogen-bond donors (Lipinski definition) is 1. The molecule has 6 heteroatoms. The molecule has 0 spiro atoms. The molecule has 0 bridgehead atoms. The molecule has 0 aliphatic heterocycles. The van der Waals surface area contributed by atoms with Gasteiger partial charge in [0.15, 0.2) is 0 Å². The number of amides is 1. The van der Waals surface area contributed by atoms with Crippen LogP contribution in [0.25, 0.3) is 0 Å². The summed E-state index contributed by atoms with van der Waals surface area (Å²) in [6.07, 6.45) is 2.10. The van der Waals surface area contributed by atoms with Crippen molar-refractivity contribution in [3.8, 4) is 0 Å². The Kier molecular flexibility index (Phi) is 5.68. The number of halogens is 2. The Morgan fingerprint density at radius 2 is 2.06 bits per heavy atom. The molecule has 0 aliphatic rings. The number of hydrogen-bond acceptors (Lipinski definition) is 3. The largest absolute Gasteiger partial charge is 0.463 e. The molecule has 1 aromatic rings. The smallest absolute Gasteiger partial charge is 0.330 e. The molecule has 1 rings (SSSR count). The van der Waals surface area contributed by atoms with Crippen molar-refractivity contribution in [3.05, 3.63) is 40.4 Å². The SMILES string of the molecule is CCOC(=O)/C=C/C(=O)Nc1cccc(Cl)c1Cl. The summed E-state index contributed by atoms with van der Waals surface area (Å²) >= 11 is 11.7. The second-order valence-electron chi connectivity index (χ2n) is 3.18. The summed E-state index contributed by atoms with van der Waals surface area (Å²) in [5.74, 6) is -1.07. The highest BCUT2D eigenvalue weighted by molar-refractivity contribution is 6.44. The minimum atomic E-state index is -0.579. The number of carbonyl (C=O) groups is 2. The van der Waals surface area contributed by atoms with Crippen LogP contribution in [0.1, 0.15) is 6.92 Å². The average molecular weight is 288 g/mol. The lowest BCUT2D eigenvalue weighted by Crippen LogP contribution is -2.09. The van der Waals surface area contributed by atoms with Gasteiger partial charge in [-0.2, -0.15) is 0 Å². The van der Waals surface area contributed by atoms with Crippen molar-refractivity contribution >= 4 is 40.8 Å². The van der Waals surface area contributed by atoms with Crippen LogP contribution in [-0.2, 0) is 14.3 Å². The first kappa shape index (κ1) is 14.5. The Morgan fingerprint density at radius 1 is 1.33 bits per heavy atom. The third-order valence-electron chi connectivity index (χ3n) is 1.87. The molecule has 18 heavy (non-hydrogen) atoms. The van der Waals surface area contributed by atoms with Crippen molar-refractivity contribution in [2.24, 2.45) is 0 Å². The predicted octanol–water partition coefficient (Wildman–Crippen LogP) is 3.05. The van der Waals surface area contributed by atoms with Gasteiger partial charge >= 0.3 is 5.97 Å². The topological polar surface area (TPSA) is 55.4 Å². The highest BCUT2D eigenvalue weighted by atomic mass is 35.5. The summed E-state index contributed by atoms with van der Waals surface area (Å²) in [7, 11) is 0. The van der Waals surface area contributed by atoms with Gasteiger partial charge in [-0.1, -0.05) is 29.3 Å². The number of benzene rings is 1. The van der Waals surface area contributed by atoms with E-state index in [1.165, 1.54) is 0 Å². The van der Waals surface area contributed by atoms with Gasteiger partial charge in [0.1, 0.15) is 0 Å². The molecule has 1 aromatic carbocycles. The number of esters is 1. The number of ether oxygens (including phenoxy) is 1. The van der Waals surface area contributed by atoms with Gasteiger partial charge < -0.3 is 10.1 Å². The van der Waals surface area contributed by atoms with E-state index in [-0.39, 0.29) is 11.6 Å². The van der Waals surface area contributed by atoms with Gasteiger partial charge in [0.2, 0.25) is 5.91 Å². The Bertz CT molecular complexity index is 486. The molecule has 0 fully saturated rings. The molecule has 0 unspecified atom stereocenters. The van der Waals surface area contributed by atoms with E-state index in [1.807, 2.05) is 0 Å². The minimum absolute atomic E-state index is 0.247. The Balaban J connectivity index is 2.65. The first-order chi connectivity index (χ1) is 8.54. The highest BCUT2D eigenvalue weighted by Crippen LogP contribution is 2.29. The number of anilines is 1. The summed E-state index contributed by atoms with van der Waals surface area (Å²) in [4.78, 5) is 22.5. The van der Waals surface area contributed by atoms with Crippen LogP contribution in [0.3, 0.4) is 0 Å². The van der Waals surface area contributed by atoms with E-state index >= 15 is 0 Å². The first-order valence-corrected chi connectivity index (χ1v) is 5.90. The second-order valence-corrected chi connectivity index (χ2v) is 3.96. The van der Waals surface area contributed by atoms with Crippen LogP contribution in [0.4, 0.5) is 5.69 Å². The molecule has 0 aromatic heterocycles. The van der Waals surface area contributed by atoms with Gasteiger partial charge in [-0.25, -0.2) is 4.79 Å². The molecule has 1 N–H and O–H groups in total. The maximum absolute atomic E-state index is 11.5. The monoisotopic (exact) mass is 287 g/mol. The standard InChI is InChI=1S/C12H11Cl2NO3/c1-2-18-11(17)7-6-10(16)15-9-5-3-4-8(13)12(9)14/h3-7H,2H2,1H3,(H,15,16)/b7-6+. The molecule has 0 atom stereocenters. The van der Waals surface area contributed by atoms with E-state index in [0.717, 1.165) is 12.2 Å². The molecule has 0 saturated carbocycles. The van der Waals surface area contributed by atoms with E-state index in [1.54, 1.807) is 25.1 Å². The van der Waals surface area contributed by atoms with Gasteiger partial charge in [0, 0.05) is 12.2 Å². The van der Waals surface area contributed by atoms with Gasteiger partial charge in [0.25, 0.3) is 0 Å². The molecule has 0 aliphatic carbocycles. The molecule has 0 radical (unpaired) electrons. The van der Waals surface area contributed by atoms with Crippen LogP contribution >= 0.6 is 23.2 Å². The van der Waals surface area contributed by atoms with Crippen LogP contribution in [0.5, 0.6) is 0 Å². The third-order valence-corrected chi connectivity index (χ3v) is 2.69. The van der Waals surface area contributed by atoms with Crippen molar-refractivity contribution < 1.29 is 14.3 Å². The zero-order valence-electron chi connectivity index (χ0n) is 9.57. The van der Waals surface area contributed by atoms with Crippen LogP contribution in [0.15, 0.2) is 30.4 Å². The maximum atomic E-state index is 11.5. The van der Waals surface area contributed by atoms with E-state index in [4.69, 9.17) is 23.2 Å². The van der Waals surface area contributed by atoms with Gasteiger partial charge in [0.05, 0.1) is 22.3 Å². The van der Waals surface area contributed by atoms with E-state index in [0.29, 0.717) is 10.7 Å². The maximum Gasteiger partial charge on any atom is 0.330 e. The Labute approximate surface area is 115 Å². The van der Waals surface area contributed by atoms with Crippen molar-refractivity contribution in [3.63, 3.8) is 0 Å². The van der Waals surface area contributed by atoms with Crippen LogP contribution in [-0.4, -0.2) is 18.5 Å². The predicted molar refractivity (Wildman–Crippen MR) is 70.9 cm³/mol. The van der Waals surface area contributed by atoms with Crippen molar-refractivity contribution in [2.75, 3.05) is 11.9 Å². The van der Waals surface area contributed by atoms with Crippen LogP contribution < -0.4 is 5.32 Å². The van der Waals surface area contributed by atoms with E-state index in [9.17, 15) is 9.59 Å². The Morgan fingerprint density at radius 3 is 2.72 bits per heavy atom. The van der Waals surface area contributed by atoms with Crippen molar-refractivity contribution in [2.45, 2.75) is 6.92 Å². The van der Waals surface area contributed by atoms with Crippen molar-refractivity contribution in [1.29, 1.82) is 0 Å². The normalized spacial score (nSPS) is 10.4. The first-order valence-electron chi connectivity index (χ1n) is 5.14. The fraction of sp³-hybridized carbons (Fsp3) is 0.167. The summed E-state index contributed by atoms with van der Waals surface area (Å²) in [5.41, 5.74) is 0.377. The molecule has 0 heterocycles. The lowest BCUT2D eigenvalue weighted by molar-refractivity contribution is -0.137. The fourth-order valence-corrected chi connectivity index (χ4v) is 1.46. The third kappa shape index (κ3) is 4.39. The van der Waals surface area contributed by atoms with Gasteiger partial charge in [-0.15, -0.1) is 0 Å². The quantitative estimate of drug-likeness (QED) is 0.684. The van der Waals surface area contributed by atoms with Gasteiger partial charge in [-0.3, -0.25) is 4.79 Å². The Hall–Kier alpha value is -1.52. The summed E-state index contributed by atoms with van der Waals surface area (Å²) in [6, 6.07) is 4.86. The summed E-state index contributed by atoms with van der Waals surface area (Å²) < 4.78 is 4.63. The fourth-order valence-electron chi connectivity index (χ4n) is 1.11. The molecule has 1 amide bonds. The number of rotatable bonds is 4. The average Bonchev–Trinajstić information content (AvgIpc) is 2.33. The zero-order chi connectivity index (χ0) is 13.5. The van der Waals surface area contributed by atoms with E-state index in [2.05, 4.69) is 10.1 Å².